The Labute approximate surface area is 136 Å². The van der Waals surface area contributed by atoms with Gasteiger partial charge in [0.15, 0.2) is 5.78 Å². The van der Waals surface area contributed by atoms with Gasteiger partial charge in [-0.15, -0.1) is 0 Å². The summed E-state index contributed by atoms with van der Waals surface area (Å²) in [6, 6.07) is 6.88. The van der Waals surface area contributed by atoms with Gasteiger partial charge in [0.25, 0.3) is 5.92 Å². The second kappa shape index (κ2) is 5.89. The summed E-state index contributed by atoms with van der Waals surface area (Å²) >= 11 is 0. The van der Waals surface area contributed by atoms with Crippen molar-refractivity contribution in [1.82, 2.24) is 4.98 Å². The molecule has 0 amide bonds. The quantitative estimate of drug-likeness (QED) is 0.758. The van der Waals surface area contributed by atoms with E-state index in [9.17, 15) is 23.5 Å². The van der Waals surface area contributed by atoms with Gasteiger partial charge < -0.3 is 14.8 Å². The molecular formula is C17H17F2NO4. The number of ether oxygens (including phenoxy) is 1. The maximum atomic E-state index is 13.0. The zero-order valence-electron chi connectivity index (χ0n) is 13.0. The van der Waals surface area contributed by atoms with E-state index in [1.807, 2.05) is 0 Å². The lowest BCUT2D eigenvalue weighted by molar-refractivity contribution is -0.142. The number of aromatic nitrogens is 1. The van der Waals surface area contributed by atoms with Gasteiger partial charge in [-0.05, 0) is 24.6 Å². The molecule has 3 rings (SSSR count). The number of benzene rings is 1. The molecule has 24 heavy (non-hydrogen) atoms. The normalized spacial score (nSPS) is 19.9. The molecule has 2 atom stereocenters. The molecule has 128 valence electrons. The van der Waals surface area contributed by atoms with Crippen LogP contribution in [0.2, 0.25) is 0 Å². The number of alkyl halides is 2. The predicted octanol–water partition coefficient (Wildman–Crippen LogP) is 3.50. The minimum Gasteiger partial charge on any atom is -0.496 e. The highest BCUT2D eigenvalue weighted by atomic mass is 19.3. The van der Waals surface area contributed by atoms with Gasteiger partial charge in [0, 0.05) is 29.7 Å². The van der Waals surface area contributed by atoms with Crippen molar-refractivity contribution in [2.24, 2.45) is 11.8 Å². The summed E-state index contributed by atoms with van der Waals surface area (Å²) in [6.07, 6.45) is -0.788. The minimum absolute atomic E-state index is 0.183. The van der Waals surface area contributed by atoms with Gasteiger partial charge in [-0.2, -0.15) is 0 Å². The lowest BCUT2D eigenvalue weighted by atomic mass is 9.95. The van der Waals surface area contributed by atoms with Crippen LogP contribution < -0.4 is 4.74 Å². The highest BCUT2D eigenvalue weighted by Crippen LogP contribution is 2.52. The molecule has 0 aliphatic heterocycles. The topological polar surface area (TPSA) is 79.4 Å². The van der Waals surface area contributed by atoms with Crippen LogP contribution in [-0.2, 0) is 4.79 Å². The zero-order chi connectivity index (χ0) is 17.5. The maximum Gasteiger partial charge on any atom is 0.306 e. The van der Waals surface area contributed by atoms with Crippen molar-refractivity contribution in [3.8, 4) is 5.75 Å². The van der Waals surface area contributed by atoms with Crippen molar-refractivity contribution >= 4 is 22.7 Å². The van der Waals surface area contributed by atoms with Gasteiger partial charge in [-0.1, -0.05) is 6.07 Å². The molecule has 1 saturated carbocycles. The number of aromatic amines is 1. The number of carbonyl (C=O) groups is 2. The van der Waals surface area contributed by atoms with Crippen molar-refractivity contribution in [2.45, 2.75) is 25.2 Å². The molecule has 0 spiro atoms. The Morgan fingerprint density at radius 3 is 2.75 bits per heavy atom. The van der Waals surface area contributed by atoms with Gasteiger partial charge in [0.2, 0.25) is 0 Å². The molecular weight excluding hydrogens is 320 g/mol. The van der Waals surface area contributed by atoms with E-state index in [2.05, 4.69) is 4.98 Å². The highest BCUT2D eigenvalue weighted by molar-refractivity contribution is 6.02. The molecule has 1 aliphatic carbocycles. The molecule has 2 N–H and O–H groups in total. The monoisotopic (exact) mass is 337 g/mol. The number of ketones is 1. The smallest absolute Gasteiger partial charge is 0.306 e. The van der Waals surface area contributed by atoms with Gasteiger partial charge >= 0.3 is 5.97 Å². The first kappa shape index (κ1) is 16.4. The first-order valence-electron chi connectivity index (χ1n) is 7.61. The Morgan fingerprint density at radius 1 is 1.46 bits per heavy atom. The fourth-order valence-corrected chi connectivity index (χ4v) is 2.93. The highest BCUT2D eigenvalue weighted by Gasteiger charge is 2.57. The van der Waals surface area contributed by atoms with Crippen molar-refractivity contribution < 1.29 is 28.2 Å². The van der Waals surface area contributed by atoms with E-state index in [4.69, 9.17) is 4.74 Å². The van der Waals surface area contributed by atoms with Crippen molar-refractivity contribution in [3.05, 3.63) is 30.0 Å². The van der Waals surface area contributed by atoms with E-state index < -0.39 is 29.5 Å². The maximum absolute atomic E-state index is 13.0. The number of hydrogen-bond acceptors (Lipinski definition) is 3. The Balaban J connectivity index is 1.76. The predicted molar refractivity (Wildman–Crippen MR) is 82.6 cm³/mol. The van der Waals surface area contributed by atoms with Crippen LogP contribution in [0.4, 0.5) is 8.78 Å². The molecule has 1 aliphatic rings. The summed E-state index contributed by atoms with van der Waals surface area (Å²) in [5, 5.41) is 9.92. The number of methoxy groups -OCH3 is 1. The molecule has 2 aromatic rings. The summed E-state index contributed by atoms with van der Waals surface area (Å²) in [4.78, 5) is 26.6. The number of carboxylic acids is 1. The van der Waals surface area contributed by atoms with E-state index in [1.165, 1.54) is 7.11 Å². The minimum atomic E-state index is -2.79. The summed E-state index contributed by atoms with van der Waals surface area (Å²) in [7, 11) is 1.51. The number of carboxylic acid groups (broad SMARTS) is 1. The van der Waals surface area contributed by atoms with Crippen LogP contribution in [0.15, 0.2) is 24.3 Å². The van der Waals surface area contributed by atoms with Crippen LogP contribution in [0, 0.1) is 11.8 Å². The number of H-pyrrole nitrogens is 1. The Morgan fingerprint density at radius 2 is 2.17 bits per heavy atom. The van der Waals surface area contributed by atoms with Crippen LogP contribution in [0.1, 0.15) is 29.8 Å². The van der Waals surface area contributed by atoms with Crippen LogP contribution in [0.25, 0.3) is 10.9 Å². The van der Waals surface area contributed by atoms with E-state index in [1.54, 1.807) is 24.3 Å². The Kier molecular flexibility index (Phi) is 4.03. The summed E-state index contributed by atoms with van der Waals surface area (Å²) in [5.41, 5.74) is 0.946. The number of hydrogen-bond donors (Lipinski definition) is 2. The Bertz CT molecular complexity index is 799. The average molecular weight is 337 g/mol. The second-order valence-corrected chi connectivity index (χ2v) is 6.16. The molecule has 5 nitrogen and oxygen atoms in total. The van der Waals surface area contributed by atoms with E-state index in [0.29, 0.717) is 16.7 Å². The summed E-state index contributed by atoms with van der Waals surface area (Å²) in [5.74, 6) is -5.87. The summed E-state index contributed by atoms with van der Waals surface area (Å²) < 4.78 is 31.2. The lowest BCUT2D eigenvalue weighted by Gasteiger charge is -2.10. The number of halogens is 2. The number of aliphatic carboxylic acids is 1. The molecule has 1 aromatic heterocycles. The molecule has 1 heterocycles. The number of nitrogens with one attached hydrogen (secondary N) is 1. The zero-order valence-corrected chi connectivity index (χ0v) is 13.0. The van der Waals surface area contributed by atoms with Crippen molar-refractivity contribution in [3.63, 3.8) is 0 Å². The van der Waals surface area contributed by atoms with Crippen molar-refractivity contribution in [2.75, 3.05) is 7.11 Å². The lowest BCUT2D eigenvalue weighted by Crippen LogP contribution is -2.20. The van der Waals surface area contributed by atoms with E-state index >= 15 is 0 Å². The molecule has 1 aromatic carbocycles. The third-order valence-electron chi connectivity index (χ3n) is 4.45. The fourth-order valence-electron chi connectivity index (χ4n) is 2.93. The number of Topliss-reactive ketones (excluding diaryl/α,β-unsaturated/α-hetero) is 1. The van der Waals surface area contributed by atoms with Gasteiger partial charge in [0.1, 0.15) is 5.75 Å². The largest absolute Gasteiger partial charge is 0.496 e. The number of rotatable bonds is 7. The second-order valence-electron chi connectivity index (χ2n) is 6.16. The molecule has 0 radical (unpaired) electrons. The standard InChI is InChI=1S/C17H17F2NO4/c1-24-15-4-2-3-12-11(15)7-13(20-12)14(21)6-9(16(22)23)5-10-8-17(10,18)19/h2-4,7,9-10,20H,5-6,8H2,1H3,(H,22,23)/t9-,10?/m1/s1. The van der Waals surface area contributed by atoms with Crippen LogP contribution in [0.5, 0.6) is 5.75 Å². The number of fused-ring (bicyclic) bond motifs is 1. The van der Waals surface area contributed by atoms with Gasteiger partial charge in [0.05, 0.1) is 18.7 Å². The SMILES string of the molecule is COc1cccc2[nH]c(C(=O)C[C@@H](CC3CC3(F)F)C(=O)O)cc12. The fraction of sp³-hybridized carbons (Fsp3) is 0.412. The first-order chi connectivity index (χ1) is 11.3. The summed E-state index contributed by atoms with van der Waals surface area (Å²) in [6.45, 7) is 0. The number of carbonyl (C=O) groups excluding carboxylic acids is 1. The van der Waals surface area contributed by atoms with Crippen LogP contribution >= 0.6 is 0 Å². The first-order valence-corrected chi connectivity index (χ1v) is 7.61. The molecule has 1 fully saturated rings. The third kappa shape index (κ3) is 3.11. The Hall–Kier alpha value is -2.44. The average Bonchev–Trinajstić information content (AvgIpc) is 2.95. The molecule has 0 saturated heterocycles. The van der Waals surface area contributed by atoms with Crippen LogP contribution in [-0.4, -0.2) is 34.9 Å². The van der Waals surface area contributed by atoms with Gasteiger partial charge in [-0.25, -0.2) is 8.78 Å². The van der Waals surface area contributed by atoms with Gasteiger partial charge in [-0.3, -0.25) is 9.59 Å². The van der Waals surface area contributed by atoms with E-state index in [0.717, 1.165) is 0 Å². The van der Waals surface area contributed by atoms with Crippen LogP contribution in [0.3, 0.4) is 0 Å². The molecule has 7 heteroatoms. The van der Waals surface area contributed by atoms with Crippen molar-refractivity contribution in [1.29, 1.82) is 0 Å². The molecule has 0 bridgehead atoms. The molecule has 1 unspecified atom stereocenters. The van der Waals surface area contributed by atoms with E-state index in [-0.39, 0.29) is 25.0 Å². The third-order valence-corrected chi connectivity index (χ3v) is 4.45.